The molecule has 2 N–H and O–H groups in total. The Labute approximate surface area is 112 Å². The number of fused-ring (bicyclic) bond motifs is 1. The van der Waals surface area contributed by atoms with Crippen LogP contribution in [0.1, 0.15) is 17.0 Å². The first-order chi connectivity index (χ1) is 9.24. The van der Waals surface area contributed by atoms with Gasteiger partial charge in [0, 0.05) is 12.7 Å². The number of anilines is 1. The Morgan fingerprint density at radius 3 is 2.53 bits per heavy atom. The van der Waals surface area contributed by atoms with Gasteiger partial charge in [-0.25, -0.2) is 4.98 Å². The Hall–Kier alpha value is -2.29. The zero-order chi connectivity index (χ0) is 13.2. The Morgan fingerprint density at radius 2 is 1.79 bits per heavy atom. The highest BCUT2D eigenvalue weighted by Crippen LogP contribution is 2.17. The molecule has 1 aromatic heterocycles. The van der Waals surface area contributed by atoms with Crippen LogP contribution in [-0.4, -0.2) is 17.0 Å². The monoisotopic (exact) mass is 251 g/mol. The summed E-state index contributed by atoms with van der Waals surface area (Å²) in [6.07, 6.45) is 0.942. The lowest BCUT2D eigenvalue weighted by molar-refractivity contribution is 1.17. The average molecular weight is 251 g/mol. The number of nitrogens with zero attached hydrogens (tertiary/aromatic N) is 1. The van der Waals surface area contributed by atoms with Crippen LogP contribution >= 0.6 is 0 Å². The molecule has 0 saturated carbocycles. The van der Waals surface area contributed by atoms with Crippen molar-refractivity contribution in [3.05, 3.63) is 59.4 Å². The molecule has 3 aromatic rings. The SMILES string of the molecule is CNc1ccc(Cc2ccc3nc(C)[nH]c3c2)cc1. The van der Waals surface area contributed by atoms with Gasteiger partial charge in [0.05, 0.1) is 11.0 Å². The van der Waals surface area contributed by atoms with Gasteiger partial charge in [0.2, 0.25) is 0 Å². The minimum absolute atomic E-state index is 0.942. The highest BCUT2D eigenvalue weighted by molar-refractivity contribution is 5.75. The van der Waals surface area contributed by atoms with Gasteiger partial charge in [-0.15, -0.1) is 0 Å². The van der Waals surface area contributed by atoms with Crippen molar-refractivity contribution in [1.82, 2.24) is 9.97 Å². The summed E-state index contributed by atoms with van der Waals surface area (Å²) >= 11 is 0. The normalized spacial score (nSPS) is 10.8. The number of hydrogen-bond acceptors (Lipinski definition) is 2. The first-order valence-electron chi connectivity index (χ1n) is 6.46. The van der Waals surface area contributed by atoms with Gasteiger partial charge in [0.1, 0.15) is 5.82 Å². The zero-order valence-corrected chi connectivity index (χ0v) is 11.2. The van der Waals surface area contributed by atoms with Crippen molar-refractivity contribution < 1.29 is 0 Å². The fraction of sp³-hybridized carbons (Fsp3) is 0.188. The van der Waals surface area contributed by atoms with Gasteiger partial charge in [-0.2, -0.15) is 0 Å². The molecule has 0 spiro atoms. The molecule has 3 nitrogen and oxygen atoms in total. The van der Waals surface area contributed by atoms with Gasteiger partial charge >= 0.3 is 0 Å². The van der Waals surface area contributed by atoms with Crippen molar-refractivity contribution in [2.45, 2.75) is 13.3 Å². The van der Waals surface area contributed by atoms with Crippen LogP contribution in [0, 0.1) is 6.92 Å². The summed E-state index contributed by atoms with van der Waals surface area (Å²) in [5, 5.41) is 3.13. The Bertz CT molecular complexity index is 696. The minimum Gasteiger partial charge on any atom is -0.388 e. The molecule has 0 aliphatic carbocycles. The molecule has 3 rings (SSSR count). The van der Waals surface area contributed by atoms with Crippen molar-refractivity contribution in [3.8, 4) is 0 Å². The average Bonchev–Trinajstić information content (AvgIpc) is 2.79. The second kappa shape index (κ2) is 4.76. The van der Waals surface area contributed by atoms with E-state index < -0.39 is 0 Å². The predicted molar refractivity (Wildman–Crippen MR) is 79.6 cm³/mol. The molecule has 3 heteroatoms. The van der Waals surface area contributed by atoms with Gasteiger partial charge in [0.15, 0.2) is 0 Å². The van der Waals surface area contributed by atoms with Crippen LogP contribution in [-0.2, 0) is 6.42 Å². The van der Waals surface area contributed by atoms with Gasteiger partial charge in [0.25, 0.3) is 0 Å². The van der Waals surface area contributed by atoms with Gasteiger partial charge in [-0.1, -0.05) is 18.2 Å². The van der Waals surface area contributed by atoms with Crippen LogP contribution in [0.25, 0.3) is 11.0 Å². The first-order valence-corrected chi connectivity index (χ1v) is 6.46. The smallest absolute Gasteiger partial charge is 0.104 e. The molecule has 0 aliphatic rings. The summed E-state index contributed by atoms with van der Waals surface area (Å²) in [4.78, 5) is 7.70. The maximum Gasteiger partial charge on any atom is 0.104 e. The Balaban J connectivity index is 1.87. The lowest BCUT2D eigenvalue weighted by Gasteiger charge is -2.04. The van der Waals surface area contributed by atoms with Gasteiger partial charge < -0.3 is 10.3 Å². The number of imidazole rings is 1. The molecule has 0 amide bonds. The summed E-state index contributed by atoms with van der Waals surface area (Å²) in [7, 11) is 1.93. The second-order valence-electron chi connectivity index (χ2n) is 4.80. The molecule has 0 aliphatic heterocycles. The van der Waals surface area contributed by atoms with E-state index in [9.17, 15) is 0 Å². The minimum atomic E-state index is 0.942. The number of rotatable bonds is 3. The molecule has 0 saturated heterocycles. The molecule has 0 radical (unpaired) electrons. The van der Waals surface area contributed by atoms with E-state index in [1.54, 1.807) is 0 Å². The summed E-state index contributed by atoms with van der Waals surface area (Å²) in [5.74, 6) is 0.963. The predicted octanol–water partition coefficient (Wildman–Crippen LogP) is 3.50. The molecule has 0 fully saturated rings. The third kappa shape index (κ3) is 2.45. The van der Waals surface area contributed by atoms with Crippen LogP contribution < -0.4 is 5.32 Å². The summed E-state index contributed by atoms with van der Waals surface area (Å²) < 4.78 is 0. The molecule has 19 heavy (non-hydrogen) atoms. The molecule has 0 atom stereocenters. The number of nitrogens with one attached hydrogen (secondary N) is 2. The van der Waals surface area contributed by atoms with E-state index in [1.165, 1.54) is 11.1 Å². The summed E-state index contributed by atoms with van der Waals surface area (Å²) in [6.45, 7) is 1.98. The lowest BCUT2D eigenvalue weighted by Crippen LogP contribution is -1.91. The van der Waals surface area contributed by atoms with Crippen LogP contribution in [0.15, 0.2) is 42.5 Å². The molecule has 2 aromatic carbocycles. The van der Waals surface area contributed by atoms with Crippen molar-refractivity contribution >= 4 is 16.7 Å². The molecular weight excluding hydrogens is 234 g/mol. The number of aromatic amines is 1. The summed E-state index contributed by atoms with van der Waals surface area (Å²) in [6, 6.07) is 14.9. The van der Waals surface area contributed by atoms with Crippen molar-refractivity contribution in [2.24, 2.45) is 0 Å². The van der Waals surface area contributed by atoms with Crippen LogP contribution in [0.4, 0.5) is 5.69 Å². The standard InChI is InChI=1S/C16H17N3/c1-11-18-15-8-5-13(10-16(15)19-11)9-12-3-6-14(17-2)7-4-12/h3-8,10,17H,9H2,1-2H3,(H,18,19). The number of aryl methyl sites for hydroxylation is 1. The van der Waals surface area contributed by atoms with E-state index in [-0.39, 0.29) is 0 Å². The van der Waals surface area contributed by atoms with E-state index in [4.69, 9.17) is 0 Å². The van der Waals surface area contributed by atoms with Crippen molar-refractivity contribution in [3.63, 3.8) is 0 Å². The van der Waals surface area contributed by atoms with E-state index >= 15 is 0 Å². The molecule has 0 bridgehead atoms. The highest BCUT2D eigenvalue weighted by atomic mass is 14.9. The molecule has 0 unspecified atom stereocenters. The summed E-state index contributed by atoms with van der Waals surface area (Å²) in [5.41, 5.74) is 5.90. The number of benzene rings is 2. The van der Waals surface area contributed by atoms with Gasteiger partial charge in [-0.05, 0) is 48.7 Å². The van der Waals surface area contributed by atoms with Crippen molar-refractivity contribution in [1.29, 1.82) is 0 Å². The van der Waals surface area contributed by atoms with E-state index in [1.807, 2.05) is 14.0 Å². The largest absolute Gasteiger partial charge is 0.388 e. The van der Waals surface area contributed by atoms with Crippen LogP contribution in [0.3, 0.4) is 0 Å². The fourth-order valence-electron chi connectivity index (χ4n) is 2.32. The molecule has 96 valence electrons. The Morgan fingerprint density at radius 1 is 1.05 bits per heavy atom. The highest BCUT2D eigenvalue weighted by Gasteiger charge is 2.02. The van der Waals surface area contributed by atoms with E-state index in [0.717, 1.165) is 29.0 Å². The van der Waals surface area contributed by atoms with Gasteiger partial charge in [-0.3, -0.25) is 0 Å². The van der Waals surface area contributed by atoms with E-state index in [2.05, 4.69) is 57.7 Å². The molecular formula is C16H17N3. The maximum atomic E-state index is 4.42. The number of aromatic nitrogens is 2. The third-order valence-corrected chi connectivity index (χ3v) is 3.32. The number of H-pyrrole nitrogens is 1. The number of hydrogen-bond donors (Lipinski definition) is 2. The van der Waals surface area contributed by atoms with E-state index in [0.29, 0.717) is 0 Å². The molecule has 1 heterocycles. The van der Waals surface area contributed by atoms with Crippen LogP contribution in [0.2, 0.25) is 0 Å². The zero-order valence-electron chi connectivity index (χ0n) is 11.2. The lowest BCUT2D eigenvalue weighted by atomic mass is 10.0. The van der Waals surface area contributed by atoms with Crippen molar-refractivity contribution in [2.75, 3.05) is 12.4 Å². The maximum absolute atomic E-state index is 4.42. The fourth-order valence-corrected chi connectivity index (χ4v) is 2.32. The second-order valence-corrected chi connectivity index (χ2v) is 4.80. The quantitative estimate of drug-likeness (QED) is 0.748. The first kappa shape index (κ1) is 11.8. The van der Waals surface area contributed by atoms with Crippen LogP contribution in [0.5, 0.6) is 0 Å². The third-order valence-electron chi connectivity index (χ3n) is 3.32. The Kier molecular flexibility index (Phi) is 2.95. The topological polar surface area (TPSA) is 40.7 Å².